The summed E-state index contributed by atoms with van der Waals surface area (Å²) in [5.41, 5.74) is 6.97. The number of rotatable bonds is 10. The van der Waals surface area contributed by atoms with Crippen LogP contribution in [0.3, 0.4) is 0 Å². The Morgan fingerprint density at radius 3 is 2.17 bits per heavy atom. The Morgan fingerprint density at radius 1 is 0.829 bits per heavy atom. The minimum absolute atomic E-state index is 0.0862. The molecule has 2 amide bonds. The van der Waals surface area contributed by atoms with Crippen molar-refractivity contribution in [2.24, 2.45) is 0 Å². The van der Waals surface area contributed by atoms with Crippen LogP contribution in [0, 0.1) is 0 Å². The summed E-state index contributed by atoms with van der Waals surface area (Å²) in [5, 5.41) is 6.53. The summed E-state index contributed by atoms with van der Waals surface area (Å²) < 4.78 is 0. The smallest absolute Gasteiger partial charge is 0.258 e. The first-order valence-electron chi connectivity index (χ1n) is 14.1. The van der Waals surface area contributed by atoms with Gasteiger partial charge in [-0.25, -0.2) is 0 Å². The highest BCUT2D eigenvalue weighted by molar-refractivity contribution is 6.37. The minimum Gasteiger partial charge on any atom is -0.354 e. The van der Waals surface area contributed by atoms with Crippen molar-refractivity contribution in [3.8, 4) is 0 Å². The van der Waals surface area contributed by atoms with Crippen molar-refractivity contribution in [2.45, 2.75) is 26.3 Å². The van der Waals surface area contributed by atoms with Crippen molar-refractivity contribution in [1.82, 2.24) is 4.90 Å². The lowest BCUT2D eigenvalue weighted by atomic mass is 9.98. The van der Waals surface area contributed by atoms with Crippen molar-refractivity contribution < 1.29 is 9.59 Å². The van der Waals surface area contributed by atoms with Crippen LogP contribution in [-0.2, 0) is 11.3 Å². The number of amides is 2. The van der Waals surface area contributed by atoms with Gasteiger partial charge >= 0.3 is 0 Å². The average Bonchev–Trinajstić information content (AvgIpc) is 3.32. The molecule has 41 heavy (non-hydrogen) atoms. The summed E-state index contributed by atoms with van der Waals surface area (Å²) >= 11 is 0. The Kier molecular flexibility index (Phi) is 8.61. The zero-order valence-electron chi connectivity index (χ0n) is 23.9. The quantitative estimate of drug-likeness (QED) is 0.209. The molecule has 2 N–H and O–H groups in total. The van der Waals surface area contributed by atoms with Crippen LogP contribution in [0.5, 0.6) is 0 Å². The van der Waals surface area contributed by atoms with E-state index in [1.54, 1.807) is 6.07 Å². The fourth-order valence-electron chi connectivity index (χ4n) is 5.06. The summed E-state index contributed by atoms with van der Waals surface area (Å²) in [5.74, 6) is -0.289. The van der Waals surface area contributed by atoms with Crippen molar-refractivity contribution in [2.75, 3.05) is 36.2 Å². The number of para-hydroxylation sites is 1. The molecule has 1 heterocycles. The van der Waals surface area contributed by atoms with Crippen LogP contribution in [-0.4, -0.2) is 37.4 Å². The Hall–Kier alpha value is -4.68. The van der Waals surface area contributed by atoms with Crippen molar-refractivity contribution in [3.05, 3.63) is 125 Å². The van der Waals surface area contributed by atoms with E-state index >= 15 is 0 Å². The number of nitrogens with one attached hydrogen (secondary N) is 2. The van der Waals surface area contributed by atoms with Gasteiger partial charge in [0.15, 0.2) is 0 Å². The summed E-state index contributed by atoms with van der Waals surface area (Å²) in [7, 11) is 4.09. The topological polar surface area (TPSA) is 64.7 Å². The van der Waals surface area contributed by atoms with E-state index in [1.165, 1.54) is 5.56 Å². The van der Waals surface area contributed by atoms with Gasteiger partial charge in [0.1, 0.15) is 0 Å². The molecule has 4 aromatic carbocycles. The number of fused-ring (bicyclic) bond motifs is 1. The van der Waals surface area contributed by atoms with Gasteiger partial charge in [0, 0.05) is 41.3 Å². The molecule has 6 nitrogen and oxygen atoms in total. The third-order valence-corrected chi connectivity index (χ3v) is 7.09. The first kappa shape index (κ1) is 27.9. The number of benzene rings is 4. The van der Waals surface area contributed by atoms with Crippen LogP contribution in [0.1, 0.15) is 46.8 Å². The molecule has 0 saturated heterocycles. The SMILES string of the molecule is CCCCN(C(=O)c1ccc2c(c1)/C(=C(/Nc1ccc(CN(C)C)cc1)c1ccccc1)C(=O)N2)c1ccccc1. The molecule has 6 heteroatoms. The molecule has 0 radical (unpaired) electrons. The fourth-order valence-corrected chi connectivity index (χ4v) is 5.06. The van der Waals surface area contributed by atoms with Crippen molar-refractivity contribution in [3.63, 3.8) is 0 Å². The van der Waals surface area contributed by atoms with Gasteiger partial charge in [-0.05, 0) is 74.1 Å². The zero-order valence-corrected chi connectivity index (χ0v) is 23.9. The van der Waals surface area contributed by atoms with E-state index in [0.29, 0.717) is 34.6 Å². The molecule has 0 unspecified atom stereocenters. The maximum absolute atomic E-state index is 13.9. The van der Waals surface area contributed by atoms with E-state index in [2.05, 4.69) is 34.6 Å². The molecule has 5 rings (SSSR count). The number of carbonyl (C=O) groups is 2. The van der Waals surface area contributed by atoms with Crippen molar-refractivity contribution in [1.29, 1.82) is 0 Å². The Morgan fingerprint density at radius 2 is 1.51 bits per heavy atom. The molecule has 208 valence electrons. The summed E-state index contributed by atoms with van der Waals surface area (Å²) in [6, 6.07) is 33.3. The lowest BCUT2D eigenvalue weighted by molar-refractivity contribution is -0.110. The molecular weight excluding hydrogens is 508 g/mol. The molecule has 0 aliphatic carbocycles. The molecule has 0 spiro atoms. The molecule has 0 atom stereocenters. The van der Waals surface area contributed by atoms with Gasteiger partial charge in [0.2, 0.25) is 0 Å². The molecule has 0 aromatic heterocycles. The Labute approximate surface area is 242 Å². The highest BCUT2D eigenvalue weighted by Gasteiger charge is 2.30. The maximum Gasteiger partial charge on any atom is 0.258 e. The van der Waals surface area contributed by atoms with E-state index in [0.717, 1.165) is 36.3 Å². The van der Waals surface area contributed by atoms with Crippen LogP contribution in [0.25, 0.3) is 11.3 Å². The average molecular weight is 545 g/mol. The molecule has 1 aliphatic heterocycles. The fraction of sp³-hybridized carbons (Fsp3) is 0.200. The highest BCUT2D eigenvalue weighted by atomic mass is 16.2. The van der Waals surface area contributed by atoms with E-state index in [-0.39, 0.29) is 11.8 Å². The third-order valence-electron chi connectivity index (χ3n) is 7.09. The van der Waals surface area contributed by atoms with Crippen LogP contribution >= 0.6 is 0 Å². The van der Waals surface area contributed by atoms with Gasteiger partial charge in [-0.2, -0.15) is 0 Å². The lowest BCUT2D eigenvalue weighted by Crippen LogP contribution is -2.31. The Balaban J connectivity index is 1.56. The molecule has 0 bridgehead atoms. The molecule has 0 fully saturated rings. The van der Waals surface area contributed by atoms with Gasteiger partial charge < -0.3 is 20.4 Å². The van der Waals surface area contributed by atoms with Gasteiger partial charge in [-0.3, -0.25) is 9.59 Å². The summed E-state index contributed by atoms with van der Waals surface area (Å²) in [6.07, 6.45) is 1.88. The minimum atomic E-state index is -0.203. The van der Waals surface area contributed by atoms with Crippen molar-refractivity contribution >= 4 is 40.1 Å². The van der Waals surface area contributed by atoms with Gasteiger partial charge in [0.05, 0.1) is 11.3 Å². The first-order valence-corrected chi connectivity index (χ1v) is 14.1. The summed E-state index contributed by atoms with van der Waals surface area (Å²) in [6.45, 7) is 3.58. The second kappa shape index (κ2) is 12.7. The maximum atomic E-state index is 13.9. The Bertz CT molecular complexity index is 1540. The number of unbranched alkanes of at least 4 members (excludes halogenated alkanes) is 1. The summed E-state index contributed by atoms with van der Waals surface area (Å²) in [4.78, 5) is 31.3. The number of hydrogen-bond acceptors (Lipinski definition) is 4. The molecular formula is C35H36N4O2. The third kappa shape index (κ3) is 6.39. The highest BCUT2D eigenvalue weighted by Crippen LogP contribution is 2.38. The van der Waals surface area contributed by atoms with Crippen LogP contribution in [0.15, 0.2) is 103 Å². The predicted molar refractivity (Wildman–Crippen MR) is 169 cm³/mol. The first-order chi connectivity index (χ1) is 19.9. The molecule has 0 saturated carbocycles. The monoisotopic (exact) mass is 544 g/mol. The van der Waals surface area contributed by atoms with Gasteiger partial charge in [-0.1, -0.05) is 74.0 Å². The zero-order chi connectivity index (χ0) is 28.8. The second-order valence-electron chi connectivity index (χ2n) is 10.5. The van der Waals surface area contributed by atoms with Crippen LogP contribution in [0.4, 0.5) is 17.1 Å². The van der Waals surface area contributed by atoms with E-state index in [1.807, 2.05) is 104 Å². The van der Waals surface area contributed by atoms with Gasteiger partial charge in [0.25, 0.3) is 11.8 Å². The van der Waals surface area contributed by atoms with E-state index < -0.39 is 0 Å². The van der Waals surface area contributed by atoms with Gasteiger partial charge in [-0.15, -0.1) is 0 Å². The van der Waals surface area contributed by atoms with Crippen LogP contribution in [0.2, 0.25) is 0 Å². The number of nitrogens with zero attached hydrogens (tertiary/aromatic N) is 2. The van der Waals surface area contributed by atoms with E-state index in [4.69, 9.17) is 0 Å². The number of anilines is 3. The second-order valence-corrected chi connectivity index (χ2v) is 10.5. The predicted octanol–water partition coefficient (Wildman–Crippen LogP) is 7.13. The lowest BCUT2D eigenvalue weighted by Gasteiger charge is -2.23. The molecule has 1 aliphatic rings. The largest absolute Gasteiger partial charge is 0.354 e. The normalized spacial score (nSPS) is 13.5. The molecule has 4 aromatic rings. The number of carbonyl (C=O) groups excluding carboxylic acids is 2. The number of hydrogen-bond donors (Lipinski definition) is 2. The standard InChI is InChI=1S/C35H36N4O2/c1-4-5-22-39(29-14-10-7-11-15-29)35(41)27-18-21-31-30(23-27)32(34(40)37-31)33(26-12-8-6-9-13-26)36-28-19-16-25(17-20-28)24-38(2)3/h6-21,23,36H,4-5,22,24H2,1-3H3,(H,37,40)/b33-32-. The van der Waals surface area contributed by atoms with E-state index in [9.17, 15) is 9.59 Å². The van der Waals surface area contributed by atoms with Crippen LogP contribution < -0.4 is 15.5 Å².